The molecule has 128 valence electrons. The minimum Gasteiger partial charge on any atom is -0.335 e. The molecule has 6 heteroatoms. The van der Waals surface area contributed by atoms with Gasteiger partial charge >= 0.3 is 0 Å². The molecule has 2 rings (SSSR count). The van der Waals surface area contributed by atoms with E-state index in [1.165, 1.54) is 24.3 Å². The van der Waals surface area contributed by atoms with Gasteiger partial charge in [-0.2, -0.15) is 0 Å². The quantitative estimate of drug-likeness (QED) is 0.833. The predicted molar refractivity (Wildman–Crippen MR) is 91.1 cm³/mol. The lowest BCUT2D eigenvalue weighted by atomic mass is 10.1. The van der Waals surface area contributed by atoms with Crippen molar-refractivity contribution in [2.24, 2.45) is 0 Å². The van der Waals surface area contributed by atoms with Gasteiger partial charge in [0.2, 0.25) is 0 Å². The van der Waals surface area contributed by atoms with Gasteiger partial charge in [-0.1, -0.05) is 18.2 Å². The fraction of sp³-hybridized carbons (Fsp3) is 0.278. The van der Waals surface area contributed by atoms with Crippen LogP contribution in [0.5, 0.6) is 0 Å². The average molecular weight is 349 g/mol. The Hall–Kier alpha value is -2.21. The monoisotopic (exact) mass is 349 g/mol. The van der Waals surface area contributed by atoms with E-state index in [-0.39, 0.29) is 23.2 Å². The molecule has 0 aromatic heterocycles. The molecule has 0 aliphatic rings. The highest BCUT2D eigenvalue weighted by Gasteiger charge is 2.19. The van der Waals surface area contributed by atoms with Gasteiger partial charge in [0.1, 0.15) is 5.82 Å². The van der Waals surface area contributed by atoms with Crippen LogP contribution in [0.3, 0.4) is 0 Å². The van der Waals surface area contributed by atoms with E-state index in [0.717, 1.165) is 6.26 Å². The third-order valence-corrected chi connectivity index (χ3v) is 4.91. The Kier molecular flexibility index (Phi) is 5.39. The number of hydrogen-bond donors (Lipinski definition) is 0. The van der Waals surface area contributed by atoms with E-state index in [2.05, 4.69) is 0 Å². The molecule has 24 heavy (non-hydrogen) atoms. The van der Waals surface area contributed by atoms with E-state index in [0.29, 0.717) is 23.2 Å². The van der Waals surface area contributed by atoms with Crippen LogP contribution in [-0.4, -0.2) is 32.0 Å². The van der Waals surface area contributed by atoms with Crippen LogP contribution in [0, 0.1) is 12.7 Å². The van der Waals surface area contributed by atoms with Crippen molar-refractivity contribution in [3.05, 3.63) is 65.0 Å². The van der Waals surface area contributed by atoms with E-state index in [4.69, 9.17) is 0 Å². The van der Waals surface area contributed by atoms with Crippen LogP contribution in [0.2, 0.25) is 0 Å². The first-order valence-electron chi connectivity index (χ1n) is 7.56. The second-order valence-electron chi connectivity index (χ2n) is 5.70. The zero-order valence-corrected chi connectivity index (χ0v) is 14.7. The summed E-state index contributed by atoms with van der Waals surface area (Å²) in [6.45, 7) is 4.27. The Bertz CT molecular complexity index is 862. The molecule has 0 aliphatic carbocycles. The lowest BCUT2D eigenvalue weighted by Crippen LogP contribution is -2.31. The number of carbonyl (C=O) groups excluding carboxylic acids is 1. The second kappa shape index (κ2) is 7.13. The minimum absolute atomic E-state index is 0.109. The SMILES string of the molecule is CCN(Cc1cccc(F)c1)C(=O)c1cc(S(C)(=O)=O)ccc1C. The smallest absolute Gasteiger partial charge is 0.254 e. The highest BCUT2D eigenvalue weighted by atomic mass is 32.2. The maximum Gasteiger partial charge on any atom is 0.254 e. The van der Waals surface area contributed by atoms with Crippen LogP contribution in [0.4, 0.5) is 4.39 Å². The topological polar surface area (TPSA) is 54.5 Å². The zero-order valence-electron chi connectivity index (χ0n) is 13.9. The summed E-state index contributed by atoms with van der Waals surface area (Å²) in [7, 11) is -3.39. The highest BCUT2D eigenvalue weighted by Crippen LogP contribution is 2.19. The van der Waals surface area contributed by atoms with E-state index < -0.39 is 9.84 Å². The van der Waals surface area contributed by atoms with Gasteiger partial charge in [0.05, 0.1) is 4.90 Å². The van der Waals surface area contributed by atoms with Gasteiger partial charge in [-0.3, -0.25) is 4.79 Å². The Morgan fingerprint density at radius 2 is 1.88 bits per heavy atom. The van der Waals surface area contributed by atoms with Crippen molar-refractivity contribution in [1.82, 2.24) is 4.90 Å². The van der Waals surface area contributed by atoms with Crippen LogP contribution in [0.25, 0.3) is 0 Å². The molecule has 4 nitrogen and oxygen atoms in total. The maximum atomic E-state index is 13.3. The number of amides is 1. The molecule has 0 spiro atoms. The molecule has 0 aliphatic heterocycles. The molecular weight excluding hydrogens is 329 g/mol. The molecule has 2 aromatic rings. The molecule has 0 radical (unpaired) electrons. The number of sulfone groups is 1. The Balaban J connectivity index is 2.35. The number of nitrogens with zero attached hydrogens (tertiary/aromatic N) is 1. The van der Waals surface area contributed by atoms with E-state index in [1.807, 2.05) is 6.92 Å². The lowest BCUT2D eigenvalue weighted by Gasteiger charge is -2.22. The Morgan fingerprint density at radius 1 is 1.17 bits per heavy atom. The summed E-state index contributed by atoms with van der Waals surface area (Å²) in [5.74, 6) is -0.629. The number of benzene rings is 2. The molecule has 0 unspecified atom stereocenters. The van der Waals surface area contributed by atoms with Gasteiger partial charge in [-0.15, -0.1) is 0 Å². The summed E-state index contributed by atoms with van der Waals surface area (Å²) < 4.78 is 36.8. The Labute approximate surface area is 141 Å². The first-order chi connectivity index (χ1) is 11.2. The van der Waals surface area contributed by atoms with Crippen LogP contribution >= 0.6 is 0 Å². The van der Waals surface area contributed by atoms with Crippen molar-refractivity contribution in [2.75, 3.05) is 12.8 Å². The van der Waals surface area contributed by atoms with Gasteiger partial charge in [0.15, 0.2) is 9.84 Å². The van der Waals surface area contributed by atoms with Crippen molar-refractivity contribution in [1.29, 1.82) is 0 Å². The number of hydrogen-bond acceptors (Lipinski definition) is 3. The van der Waals surface area contributed by atoms with Gasteiger partial charge < -0.3 is 4.90 Å². The summed E-state index contributed by atoms with van der Waals surface area (Å²) in [6.07, 6.45) is 1.11. The molecule has 0 saturated carbocycles. The second-order valence-corrected chi connectivity index (χ2v) is 7.71. The number of rotatable bonds is 5. The predicted octanol–water partition coefficient (Wildman–Crippen LogP) is 3.20. The Morgan fingerprint density at radius 3 is 2.46 bits per heavy atom. The van der Waals surface area contributed by atoms with Crippen LogP contribution < -0.4 is 0 Å². The van der Waals surface area contributed by atoms with Gasteiger partial charge in [0.25, 0.3) is 5.91 Å². The summed E-state index contributed by atoms with van der Waals surface area (Å²) in [5.41, 5.74) is 1.73. The van der Waals surface area contributed by atoms with E-state index in [1.54, 1.807) is 30.0 Å². The van der Waals surface area contributed by atoms with Crippen LogP contribution in [-0.2, 0) is 16.4 Å². The summed E-state index contributed by atoms with van der Waals surface area (Å²) in [5, 5.41) is 0. The summed E-state index contributed by atoms with van der Waals surface area (Å²) >= 11 is 0. The molecule has 1 amide bonds. The van der Waals surface area contributed by atoms with Crippen molar-refractivity contribution in [3.63, 3.8) is 0 Å². The molecule has 0 saturated heterocycles. The molecule has 0 bridgehead atoms. The largest absolute Gasteiger partial charge is 0.335 e. The number of aryl methyl sites for hydroxylation is 1. The van der Waals surface area contributed by atoms with E-state index in [9.17, 15) is 17.6 Å². The summed E-state index contributed by atoms with van der Waals surface area (Å²) in [6, 6.07) is 10.6. The molecule has 0 N–H and O–H groups in total. The lowest BCUT2D eigenvalue weighted by molar-refractivity contribution is 0.0751. The molecule has 0 heterocycles. The first-order valence-corrected chi connectivity index (χ1v) is 9.46. The van der Waals surface area contributed by atoms with Gasteiger partial charge in [-0.05, 0) is 49.2 Å². The average Bonchev–Trinajstić information content (AvgIpc) is 2.51. The normalized spacial score (nSPS) is 11.3. The highest BCUT2D eigenvalue weighted by molar-refractivity contribution is 7.90. The third kappa shape index (κ3) is 4.20. The van der Waals surface area contributed by atoms with Crippen LogP contribution in [0.1, 0.15) is 28.4 Å². The van der Waals surface area contributed by atoms with Crippen molar-refractivity contribution >= 4 is 15.7 Å². The fourth-order valence-corrected chi connectivity index (χ4v) is 3.06. The van der Waals surface area contributed by atoms with Crippen LogP contribution in [0.15, 0.2) is 47.4 Å². The summed E-state index contributed by atoms with van der Waals surface area (Å²) in [4.78, 5) is 14.5. The van der Waals surface area contributed by atoms with Crippen molar-refractivity contribution in [3.8, 4) is 0 Å². The minimum atomic E-state index is -3.39. The third-order valence-electron chi connectivity index (χ3n) is 3.80. The number of carbonyl (C=O) groups is 1. The van der Waals surface area contributed by atoms with Crippen molar-refractivity contribution < 1.29 is 17.6 Å². The fourth-order valence-electron chi connectivity index (χ4n) is 2.42. The maximum absolute atomic E-state index is 13.3. The molecular formula is C18H20FNO3S. The molecule has 2 aromatic carbocycles. The first kappa shape index (κ1) is 18.1. The molecule has 0 atom stereocenters. The molecule has 0 fully saturated rings. The standard InChI is InChI=1S/C18H20FNO3S/c1-4-20(12-14-6-5-7-15(19)10-14)18(21)17-11-16(24(3,22)23)9-8-13(17)2/h5-11H,4,12H2,1-3H3. The van der Waals surface area contributed by atoms with Gasteiger partial charge in [-0.25, -0.2) is 12.8 Å². The van der Waals surface area contributed by atoms with Gasteiger partial charge in [0, 0.05) is 24.9 Å². The van der Waals surface area contributed by atoms with Crippen molar-refractivity contribution in [2.45, 2.75) is 25.3 Å². The zero-order chi connectivity index (χ0) is 17.9. The number of halogens is 1. The van der Waals surface area contributed by atoms with E-state index >= 15 is 0 Å².